The van der Waals surface area contributed by atoms with Crippen molar-refractivity contribution in [1.82, 2.24) is 0 Å². The van der Waals surface area contributed by atoms with Crippen molar-refractivity contribution in [2.45, 2.75) is 19.0 Å². The van der Waals surface area contributed by atoms with Gasteiger partial charge in [-0.15, -0.1) is 24.8 Å². The van der Waals surface area contributed by atoms with Crippen molar-refractivity contribution >= 4 is 12.4 Å². The molecule has 0 aromatic rings. The van der Waals surface area contributed by atoms with E-state index >= 15 is 0 Å². The largest absolute Gasteiger partial charge is 0.328 e. The highest BCUT2D eigenvalue weighted by Gasteiger charge is 1.99. The Balaban J connectivity index is 0. The summed E-state index contributed by atoms with van der Waals surface area (Å²) in [6.07, 6.45) is 4.84. The zero-order valence-corrected chi connectivity index (χ0v) is 5.96. The average molecular weight is 152 g/mol. The van der Waals surface area contributed by atoms with Gasteiger partial charge in [0.2, 0.25) is 0 Å². The van der Waals surface area contributed by atoms with Gasteiger partial charge < -0.3 is 5.73 Å². The number of terminal acetylenes is 1. The normalized spacial score (nSPS) is 11.2. The molecule has 0 radical (unpaired) electrons. The van der Waals surface area contributed by atoms with Gasteiger partial charge in [0.25, 0.3) is 0 Å². The molecule has 2 N–H and O–H groups in total. The van der Waals surface area contributed by atoms with Crippen molar-refractivity contribution in [2.24, 2.45) is 5.73 Å². The first-order valence-corrected chi connectivity index (χ1v) is 2.59. The van der Waals surface area contributed by atoms with Gasteiger partial charge in [-0.2, -0.15) is 0 Å². The van der Waals surface area contributed by atoms with Crippen LogP contribution >= 0.6 is 12.4 Å². The molecular formula is C6H11ClFN. The Morgan fingerprint density at radius 1 is 1.67 bits per heavy atom. The van der Waals surface area contributed by atoms with Gasteiger partial charge >= 0.3 is 0 Å². The van der Waals surface area contributed by atoms with Gasteiger partial charge in [0, 0.05) is 13.0 Å². The molecule has 0 aliphatic carbocycles. The fraction of sp³-hybridized carbons (Fsp3) is 0.667. The van der Waals surface area contributed by atoms with Crippen LogP contribution in [-0.2, 0) is 0 Å². The molecule has 3 heteroatoms. The SMILES string of the molecule is C#CCCC(F)CN.Cl. The fourth-order valence-corrected chi connectivity index (χ4v) is 0.358. The molecule has 0 spiro atoms. The second kappa shape index (κ2) is 7.74. The minimum absolute atomic E-state index is 0. The van der Waals surface area contributed by atoms with Crippen LogP contribution in [0.25, 0.3) is 0 Å². The Bertz CT molecular complexity index is 89.5. The first-order chi connectivity index (χ1) is 3.81. The molecule has 1 unspecified atom stereocenters. The summed E-state index contributed by atoms with van der Waals surface area (Å²) >= 11 is 0. The summed E-state index contributed by atoms with van der Waals surface area (Å²) in [5.74, 6) is 2.34. The van der Waals surface area contributed by atoms with Crippen LogP contribution in [0.2, 0.25) is 0 Å². The molecule has 0 amide bonds. The molecule has 0 heterocycles. The molecule has 0 saturated carbocycles. The lowest BCUT2D eigenvalue weighted by Gasteiger charge is -1.98. The number of hydrogen-bond donors (Lipinski definition) is 1. The lowest BCUT2D eigenvalue weighted by Crippen LogP contribution is -2.14. The molecule has 0 aliphatic rings. The first kappa shape index (κ1) is 11.5. The Labute approximate surface area is 61.2 Å². The van der Waals surface area contributed by atoms with Crippen molar-refractivity contribution in [2.75, 3.05) is 6.54 Å². The van der Waals surface area contributed by atoms with Crippen LogP contribution in [0.3, 0.4) is 0 Å². The highest BCUT2D eigenvalue weighted by atomic mass is 35.5. The second-order valence-electron chi connectivity index (χ2n) is 1.58. The van der Waals surface area contributed by atoms with Crippen LogP contribution < -0.4 is 5.73 Å². The van der Waals surface area contributed by atoms with Crippen molar-refractivity contribution in [3.05, 3.63) is 0 Å². The van der Waals surface area contributed by atoms with Crippen LogP contribution in [0.5, 0.6) is 0 Å². The molecular weight excluding hydrogens is 141 g/mol. The van der Waals surface area contributed by atoms with E-state index in [0.29, 0.717) is 12.8 Å². The highest BCUT2D eigenvalue weighted by Crippen LogP contribution is 1.97. The molecule has 1 atom stereocenters. The van der Waals surface area contributed by atoms with Crippen LogP contribution in [0.15, 0.2) is 0 Å². The zero-order chi connectivity index (χ0) is 6.41. The molecule has 9 heavy (non-hydrogen) atoms. The summed E-state index contributed by atoms with van der Waals surface area (Å²) in [6, 6.07) is 0. The number of alkyl halides is 1. The second-order valence-corrected chi connectivity index (χ2v) is 1.58. The summed E-state index contributed by atoms with van der Waals surface area (Å²) in [5, 5.41) is 0. The Hall–Kier alpha value is -0.260. The number of nitrogens with two attached hydrogens (primary N) is 1. The van der Waals surface area contributed by atoms with E-state index < -0.39 is 6.17 Å². The minimum atomic E-state index is -0.911. The van der Waals surface area contributed by atoms with Crippen LogP contribution in [0, 0.1) is 12.3 Å². The molecule has 0 saturated heterocycles. The topological polar surface area (TPSA) is 26.0 Å². The maximum absolute atomic E-state index is 12.1. The summed E-state index contributed by atoms with van der Waals surface area (Å²) in [4.78, 5) is 0. The molecule has 0 aromatic heterocycles. The quantitative estimate of drug-likeness (QED) is 0.601. The summed E-state index contributed by atoms with van der Waals surface area (Å²) in [7, 11) is 0. The number of hydrogen-bond acceptors (Lipinski definition) is 1. The third-order valence-electron chi connectivity index (χ3n) is 0.858. The predicted molar refractivity (Wildman–Crippen MR) is 39.3 cm³/mol. The van der Waals surface area contributed by atoms with Gasteiger partial charge in [0.05, 0.1) is 0 Å². The first-order valence-electron chi connectivity index (χ1n) is 2.59. The van der Waals surface area contributed by atoms with Crippen molar-refractivity contribution in [3.63, 3.8) is 0 Å². The molecule has 54 valence electrons. The molecule has 0 fully saturated rings. The van der Waals surface area contributed by atoms with E-state index in [2.05, 4.69) is 5.92 Å². The van der Waals surface area contributed by atoms with E-state index in [0.717, 1.165) is 0 Å². The fourth-order valence-electron chi connectivity index (χ4n) is 0.358. The van der Waals surface area contributed by atoms with Crippen LogP contribution in [0.1, 0.15) is 12.8 Å². The number of rotatable bonds is 3. The van der Waals surface area contributed by atoms with Gasteiger partial charge in [0.15, 0.2) is 0 Å². The Kier molecular flexibility index (Phi) is 9.91. The van der Waals surface area contributed by atoms with Crippen LogP contribution in [-0.4, -0.2) is 12.7 Å². The molecule has 0 bridgehead atoms. The third kappa shape index (κ3) is 7.74. The van der Waals surface area contributed by atoms with E-state index in [1.807, 2.05) is 0 Å². The van der Waals surface area contributed by atoms with E-state index in [1.54, 1.807) is 0 Å². The van der Waals surface area contributed by atoms with Gasteiger partial charge in [-0.05, 0) is 6.42 Å². The monoisotopic (exact) mass is 151 g/mol. The highest BCUT2D eigenvalue weighted by molar-refractivity contribution is 5.85. The predicted octanol–water partition coefficient (Wildman–Crippen LogP) is 1.12. The maximum Gasteiger partial charge on any atom is 0.113 e. The minimum Gasteiger partial charge on any atom is -0.328 e. The lowest BCUT2D eigenvalue weighted by atomic mass is 10.2. The average Bonchev–Trinajstić information content (AvgIpc) is 1.83. The standard InChI is InChI=1S/C6H10FN.ClH/c1-2-3-4-6(7)5-8;/h1,6H,3-5,8H2;1H. The summed E-state index contributed by atoms with van der Waals surface area (Å²) in [5.41, 5.74) is 4.97. The van der Waals surface area contributed by atoms with Crippen molar-refractivity contribution in [1.29, 1.82) is 0 Å². The molecule has 1 nitrogen and oxygen atoms in total. The van der Waals surface area contributed by atoms with E-state index in [4.69, 9.17) is 12.2 Å². The summed E-state index contributed by atoms with van der Waals surface area (Å²) in [6.45, 7) is 0.0850. The Morgan fingerprint density at radius 3 is 2.56 bits per heavy atom. The van der Waals surface area contributed by atoms with Gasteiger partial charge in [0.1, 0.15) is 6.17 Å². The molecule has 0 aliphatic heterocycles. The van der Waals surface area contributed by atoms with Crippen molar-refractivity contribution < 1.29 is 4.39 Å². The van der Waals surface area contributed by atoms with Crippen LogP contribution in [0.4, 0.5) is 4.39 Å². The number of halogens is 2. The lowest BCUT2D eigenvalue weighted by molar-refractivity contribution is 0.326. The van der Waals surface area contributed by atoms with Gasteiger partial charge in [-0.25, -0.2) is 4.39 Å². The zero-order valence-electron chi connectivity index (χ0n) is 5.14. The maximum atomic E-state index is 12.1. The van der Waals surface area contributed by atoms with E-state index in [1.165, 1.54) is 0 Å². The van der Waals surface area contributed by atoms with Gasteiger partial charge in [-0.1, -0.05) is 0 Å². The van der Waals surface area contributed by atoms with Gasteiger partial charge in [-0.3, -0.25) is 0 Å². The Morgan fingerprint density at radius 2 is 2.22 bits per heavy atom. The summed E-state index contributed by atoms with van der Waals surface area (Å²) < 4.78 is 12.1. The molecule has 0 aromatic carbocycles. The molecule has 0 rings (SSSR count). The van der Waals surface area contributed by atoms with Crippen molar-refractivity contribution in [3.8, 4) is 12.3 Å². The van der Waals surface area contributed by atoms with E-state index in [-0.39, 0.29) is 19.0 Å². The van der Waals surface area contributed by atoms with E-state index in [9.17, 15) is 4.39 Å². The third-order valence-corrected chi connectivity index (χ3v) is 0.858. The smallest absolute Gasteiger partial charge is 0.113 e.